The Labute approximate surface area is 150 Å². The highest BCUT2D eigenvalue weighted by Gasteiger charge is 2.08. The molecule has 1 aromatic heterocycles. The highest BCUT2D eigenvalue weighted by atomic mass is 35.5. The molecule has 0 aliphatic heterocycles. The Morgan fingerprint density at radius 1 is 1.12 bits per heavy atom. The van der Waals surface area contributed by atoms with Gasteiger partial charge in [0.1, 0.15) is 5.58 Å². The number of benzene rings is 2. The van der Waals surface area contributed by atoms with Gasteiger partial charge in [0.15, 0.2) is 10.9 Å². The van der Waals surface area contributed by atoms with Crippen molar-refractivity contribution in [3.05, 3.63) is 71.5 Å². The normalized spacial score (nSPS) is 10.4. The van der Waals surface area contributed by atoms with E-state index in [1.165, 1.54) is 0 Å². The molecule has 24 heavy (non-hydrogen) atoms. The van der Waals surface area contributed by atoms with Gasteiger partial charge in [0, 0.05) is 16.1 Å². The fourth-order valence-corrected chi connectivity index (χ4v) is 2.56. The van der Waals surface area contributed by atoms with Crippen LogP contribution in [0.5, 0.6) is 0 Å². The number of fused-ring (bicyclic) bond motifs is 1. The Morgan fingerprint density at radius 3 is 2.71 bits per heavy atom. The van der Waals surface area contributed by atoms with Crippen molar-refractivity contribution in [3.8, 4) is 0 Å². The second-order valence-electron chi connectivity index (χ2n) is 5.24. The second kappa shape index (κ2) is 6.95. The molecule has 122 valence electrons. The first-order chi connectivity index (χ1) is 11.5. The lowest BCUT2D eigenvalue weighted by molar-refractivity contribution is 0.590. The van der Waals surface area contributed by atoms with Crippen LogP contribution in [0.15, 0.2) is 59.5 Å². The van der Waals surface area contributed by atoms with Crippen molar-refractivity contribution < 1.29 is 4.42 Å². The van der Waals surface area contributed by atoms with E-state index in [9.17, 15) is 0 Å². The third-order valence-corrected chi connectivity index (χ3v) is 4.18. The van der Waals surface area contributed by atoms with Crippen LogP contribution in [0.3, 0.4) is 0 Å². The van der Waals surface area contributed by atoms with Crippen molar-refractivity contribution in [2.45, 2.75) is 6.92 Å². The number of hydrogen-bond acceptors (Lipinski definition) is 3. The molecule has 0 saturated carbocycles. The molecule has 0 bridgehead atoms. The molecule has 0 aliphatic rings. The topological polar surface area (TPSA) is 49.2 Å². The van der Waals surface area contributed by atoms with Crippen molar-refractivity contribution in [1.29, 1.82) is 0 Å². The molecular weight excluding hydrogens is 342 g/mol. The van der Waals surface area contributed by atoms with Gasteiger partial charge in [0.05, 0.1) is 5.70 Å². The van der Waals surface area contributed by atoms with Gasteiger partial charge in [0.2, 0.25) is 0 Å². The molecule has 1 heterocycles. The maximum Gasteiger partial charge on any atom is 0.189 e. The fourth-order valence-electron chi connectivity index (χ4n) is 2.22. The Balaban J connectivity index is 1.61. The molecule has 4 nitrogen and oxygen atoms in total. The van der Waals surface area contributed by atoms with Gasteiger partial charge in [-0.3, -0.25) is 10.9 Å². The minimum absolute atomic E-state index is 0.401. The molecule has 3 rings (SSSR count). The zero-order valence-electron chi connectivity index (χ0n) is 13.0. The average Bonchev–Trinajstić information content (AvgIpc) is 3.01. The summed E-state index contributed by atoms with van der Waals surface area (Å²) in [6.07, 6.45) is 0. The third-order valence-electron chi connectivity index (χ3n) is 3.57. The molecular formula is C18H16ClN3OS. The van der Waals surface area contributed by atoms with Gasteiger partial charge in [-0.05, 0) is 49.0 Å². The number of rotatable bonds is 4. The molecule has 3 aromatic rings. The predicted molar refractivity (Wildman–Crippen MR) is 104 cm³/mol. The Bertz CT molecular complexity index is 887. The van der Waals surface area contributed by atoms with Crippen LogP contribution in [0.2, 0.25) is 5.02 Å². The van der Waals surface area contributed by atoms with E-state index in [1.54, 1.807) is 0 Å². The number of nitrogens with one attached hydrogen (secondary N) is 3. The number of halogens is 1. The molecule has 6 heteroatoms. The summed E-state index contributed by atoms with van der Waals surface area (Å²) in [4.78, 5) is 0. The quantitative estimate of drug-likeness (QED) is 0.460. The van der Waals surface area contributed by atoms with Crippen molar-refractivity contribution in [3.63, 3.8) is 0 Å². The van der Waals surface area contributed by atoms with Crippen molar-refractivity contribution in [2.75, 3.05) is 5.32 Å². The van der Waals surface area contributed by atoms with Crippen LogP contribution < -0.4 is 16.2 Å². The van der Waals surface area contributed by atoms with E-state index in [2.05, 4.69) is 22.7 Å². The highest BCUT2D eigenvalue weighted by Crippen LogP contribution is 2.23. The number of thiocarbonyl (C=S) groups is 1. The SMILES string of the molecule is C=C(NNC(=S)Nc1cccc(Cl)c1C)c1cc2ccccc2o1. The van der Waals surface area contributed by atoms with E-state index in [0.29, 0.717) is 21.6 Å². The number of hydrogen-bond donors (Lipinski definition) is 3. The first-order valence-corrected chi connectivity index (χ1v) is 8.09. The maximum absolute atomic E-state index is 6.10. The second-order valence-corrected chi connectivity index (χ2v) is 6.06. The molecule has 0 amide bonds. The molecule has 0 atom stereocenters. The van der Waals surface area contributed by atoms with Gasteiger partial charge in [-0.2, -0.15) is 0 Å². The van der Waals surface area contributed by atoms with E-state index in [4.69, 9.17) is 28.2 Å². The van der Waals surface area contributed by atoms with Crippen LogP contribution in [-0.4, -0.2) is 5.11 Å². The van der Waals surface area contributed by atoms with E-state index < -0.39 is 0 Å². The smallest absolute Gasteiger partial charge is 0.189 e. The molecule has 0 unspecified atom stereocenters. The summed E-state index contributed by atoms with van der Waals surface area (Å²) in [5, 5.41) is 5.19. The van der Waals surface area contributed by atoms with Gasteiger partial charge < -0.3 is 9.73 Å². The molecule has 2 aromatic carbocycles. The Morgan fingerprint density at radius 2 is 1.92 bits per heavy atom. The summed E-state index contributed by atoms with van der Waals surface area (Å²) in [7, 11) is 0. The lowest BCUT2D eigenvalue weighted by Crippen LogP contribution is -2.38. The molecule has 0 fully saturated rings. The maximum atomic E-state index is 6.10. The molecule has 0 aliphatic carbocycles. The Kier molecular flexibility index (Phi) is 4.74. The first kappa shape index (κ1) is 16.4. The van der Waals surface area contributed by atoms with E-state index in [0.717, 1.165) is 22.2 Å². The summed E-state index contributed by atoms with van der Waals surface area (Å²) in [6.45, 7) is 5.88. The van der Waals surface area contributed by atoms with E-state index >= 15 is 0 Å². The lowest BCUT2D eigenvalue weighted by atomic mass is 10.2. The zero-order valence-corrected chi connectivity index (χ0v) is 14.6. The van der Waals surface area contributed by atoms with Crippen molar-refractivity contribution in [2.24, 2.45) is 0 Å². The lowest BCUT2D eigenvalue weighted by Gasteiger charge is -2.14. The summed E-state index contributed by atoms with van der Waals surface area (Å²) in [5.41, 5.74) is 8.99. The molecule has 0 saturated heterocycles. The van der Waals surface area contributed by atoms with Crippen LogP contribution >= 0.6 is 23.8 Å². The van der Waals surface area contributed by atoms with Crippen molar-refractivity contribution in [1.82, 2.24) is 10.9 Å². The summed E-state index contributed by atoms with van der Waals surface area (Å²) in [6, 6.07) is 15.3. The van der Waals surface area contributed by atoms with Crippen LogP contribution in [0.4, 0.5) is 5.69 Å². The summed E-state index contributed by atoms with van der Waals surface area (Å²) < 4.78 is 5.73. The summed E-state index contributed by atoms with van der Waals surface area (Å²) >= 11 is 11.4. The zero-order chi connectivity index (χ0) is 17.1. The third kappa shape index (κ3) is 3.53. The first-order valence-electron chi connectivity index (χ1n) is 7.30. The molecule has 3 N–H and O–H groups in total. The van der Waals surface area contributed by atoms with Gasteiger partial charge >= 0.3 is 0 Å². The van der Waals surface area contributed by atoms with E-state index in [-0.39, 0.29) is 0 Å². The van der Waals surface area contributed by atoms with Crippen molar-refractivity contribution >= 4 is 51.3 Å². The number of anilines is 1. The van der Waals surface area contributed by atoms with E-state index in [1.807, 2.05) is 55.5 Å². The predicted octanol–water partition coefficient (Wildman–Crippen LogP) is 4.86. The number of furan rings is 1. The van der Waals surface area contributed by atoms with Gasteiger partial charge in [0.25, 0.3) is 0 Å². The highest BCUT2D eigenvalue weighted by molar-refractivity contribution is 7.80. The van der Waals surface area contributed by atoms with Crippen LogP contribution in [0, 0.1) is 6.92 Å². The van der Waals surface area contributed by atoms with Gasteiger partial charge in [-0.15, -0.1) is 0 Å². The van der Waals surface area contributed by atoms with Gasteiger partial charge in [-0.1, -0.05) is 42.4 Å². The van der Waals surface area contributed by atoms with Crippen LogP contribution in [-0.2, 0) is 0 Å². The monoisotopic (exact) mass is 357 g/mol. The van der Waals surface area contributed by atoms with Crippen LogP contribution in [0.1, 0.15) is 11.3 Å². The van der Waals surface area contributed by atoms with Gasteiger partial charge in [-0.25, -0.2) is 0 Å². The minimum Gasteiger partial charge on any atom is -0.454 e. The molecule has 0 spiro atoms. The average molecular weight is 358 g/mol. The Hall–Kier alpha value is -2.50. The number of para-hydroxylation sites is 1. The standard InChI is InChI=1S/C18H16ClN3OS/c1-11-14(19)7-5-8-15(11)20-18(24)22-21-12(2)17-10-13-6-3-4-9-16(13)23-17/h3-10,21H,2H2,1H3,(H2,20,22,24). The number of hydrazine groups is 1. The largest absolute Gasteiger partial charge is 0.454 e. The summed E-state index contributed by atoms with van der Waals surface area (Å²) in [5.74, 6) is 0.644. The van der Waals surface area contributed by atoms with Crippen LogP contribution in [0.25, 0.3) is 16.7 Å². The minimum atomic E-state index is 0.401. The fraction of sp³-hybridized carbons (Fsp3) is 0.0556. The molecule has 0 radical (unpaired) electrons.